The fourth-order valence-electron chi connectivity index (χ4n) is 1.10. The number of nitrogens with zero attached hydrogens (tertiary/aromatic N) is 2. The van der Waals surface area contributed by atoms with Crippen LogP contribution in [0.25, 0.3) is 0 Å². The first kappa shape index (κ1) is 13.1. The number of anilines is 1. The lowest BCUT2D eigenvalue weighted by Gasteiger charge is -2.08. The standard InChI is InChI=1S/C10H17N3O2S/c1-3-15-9-8(11)10(13-7-12-9)16-6-4-5-14-2/h7H,3-6,11H2,1-2H3. The molecule has 0 radical (unpaired) electrons. The molecule has 0 unspecified atom stereocenters. The molecule has 2 N–H and O–H groups in total. The van der Waals surface area contributed by atoms with Gasteiger partial charge in [0, 0.05) is 19.5 Å². The largest absolute Gasteiger partial charge is 0.476 e. The molecule has 0 amide bonds. The predicted molar refractivity (Wildman–Crippen MR) is 64.8 cm³/mol. The minimum Gasteiger partial charge on any atom is -0.476 e. The van der Waals surface area contributed by atoms with E-state index in [9.17, 15) is 0 Å². The molecule has 0 fully saturated rings. The lowest BCUT2D eigenvalue weighted by Crippen LogP contribution is -2.02. The molecule has 1 aromatic heterocycles. The van der Waals surface area contributed by atoms with Crippen molar-refractivity contribution in [2.24, 2.45) is 0 Å². The molecule has 1 heterocycles. The number of thioether (sulfide) groups is 1. The van der Waals surface area contributed by atoms with E-state index < -0.39 is 0 Å². The number of aromatic nitrogens is 2. The van der Waals surface area contributed by atoms with E-state index in [4.69, 9.17) is 15.2 Å². The molecule has 0 aliphatic carbocycles. The minimum absolute atomic E-state index is 0.465. The molecule has 0 bridgehead atoms. The molecular formula is C10H17N3O2S. The van der Waals surface area contributed by atoms with Crippen LogP contribution in [0.4, 0.5) is 5.69 Å². The summed E-state index contributed by atoms with van der Waals surface area (Å²) in [4.78, 5) is 8.10. The molecule has 0 atom stereocenters. The number of nitrogens with two attached hydrogens (primary N) is 1. The van der Waals surface area contributed by atoms with Crippen molar-refractivity contribution in [1.82, 2.24) is 9.97 Å². The summed E-state index contributed by atoms with van der Waals surface area (Å²) in [7, 11) is 1.69. The zero-order valence-corrected chi connectivity index (χ0v) is 10.4. The van der Waals surface area contributed by atoms with Crippen molar-refractivity contribution < 1.29 is 9.47 Å². The van der Waals surface area contributed by atoms with Gasteiger partial charge in [0.15, 0.2) is 0 Å². The van der Waals surface area contributed by atoms with Gasteiger partial charge >= 0.3 is 0 Å². The zero-order chi connectivity index (χ0) is 11.8. The van der Waals surface area contributed by atoms with Gasteiger partial charge in [0.25, 0.3) is 0 Å². The van der Waals surface area contributed by atoms with Crippen LogP contribution in [0, 0.1) is 0 Å². The van der Waals surface area contributed by atoms with Crippen LogP contribution in [0.2, 0.25) is 0 Å². The lowest BCUT2D eigenvalue weighted by molar-refractivity contribution is 0.200. The SMILES string of the molecule is CCOc1ncnc(SCCCOC)c1N. The highest BCUT2D eigenvalue weighted by atomic mass is 32.2. The molecule has 0 saturated heterocycles. The number of methoxy groups -OCH3 is 1. The van der Waals surface area contributed by atoms with Gasteiger partial charge in [0.1, 0.15) is 17.0 Å². The van der Waals surface area contributed by atoms with Crippen molar-refractivity contribution in [3.05, 3.63) is 6.33 Å². The molecule has 1 aromatic rings. The van der Waals surface area contributed by atoms with Crippen LogP contribution in [0.3, 0.4) is 0 Å². The van der Waals surface area contributed by atoms with Crippen LogP contribution >= 0.6 is 11.8 Å². The van der Waals surface area contributed by atoms with Gasteiger partial charge < -0.3 is 15.2 Å². The third kappa shape index (κ3) is 3.86. The maximum Gasteiger partial charge on any atom is 0.241 e. The Bertz CT molecular complexity index is 323. The van der Waals surface area contributed by atoms with E-state index in [1.54, 1.807) is 18.9 Å². The first-order valence-electron chi connectivity index (χ1n) is 5.14. The van der Waals surface area contributed by atoms with E-state index in [0.717, 1.165) is 23.8 Å². The van der Waals surface area contributed by atoms with Crippen molar-refractivity contribution in [2.45, 2.75) is 18.4 Å². The Morgan fingerprint density at radius 3 is 2.94 bits per heavy atom. The van der Waals surface area contributed by atoms with Gasteiger partial charge in [0.2, 0.25) is 5.88 Å². The maximum atomic E-state index is 5.88. The zero-order valence-electron chi connectivity index (χ0n) is 9.60. The van der Waals surface area contributed by atoms with Gasteiger partial charge in [-0.25, -0.2) is 4.98 Å². The minimum atomic E-state index is 0.465. The molecule has 1 rings (SSSR count). The third-order valence-electron chi connectivity index (χ3n) is 1.82. The van der Waals surface area contributed by atoms with E-state index in [-0.39, 0.29) is 0 Å². The second kappa shape index (κ2) is 7.29. The molecular weight excluding hydrogens is 226 g/mol. The monoisotopic (exact) mass is 243 g/mol. The number of hydrogen-bond donors (Lipinski definition) is 1. The summed E-state index contributed by atoms with van der Waals surface area (Å²) >= 11 is 1.59. The molecule has 90 valence electrons. The predicted octanol–water partition coefficient (Wildman–Crippen LogP) is 1.59. The highest BCUT2D eigenvalue weighted by Gasteiger charge is 2.08. The Kier molecular flexibility index (Phi) is 5.95. The summed E-state index contributed by atoms with van der Waals surface area (Å²) in [6.07, 6.45) is 2.44. The van der Waals surface area contributed by atoms with Crippen LogP contribution < -0.4 is 10.5 Å². The normalized spacial score (nSPS) is 10.4. The van der Waals surface area contributed by atoms with E-state index in [0.29, 0.717) is 18.2 Å². The number of rotatable bonds is 7. The molecule has 0 aromatic carbocycles. The quantitative estimate of drug-likeness (QED) is 0.445. The van der Waals surface area contributed by atoms with E-state index in [1.807, 2.05) is 6.92 Å². The Balaban J connectivity index is 2.55. The molecule has 0 saturated carbocycles. The van der Waals surface area contributed by atoms with Crippen LogP contribution in [-0.4, -0.2) is 36.0 Å². The highest BCUT2D eigenvalue weighted by Crippen LogP contribution is 2.28. The third-order valence-corrected chi connectivity index (χ3v) is 2.91. The Morgan fingerprint density at radius 1 is 1.44 bits per heavy atom. The topological polar surface area (TPSA) is 70.3 Å². The van der Waals surface area contributed by atoms with Crippen molar-refractivity contribution >= 4 is 17.4 Å². The number of nitrogen functional groups attached to an aromatic ring is 1. The second-order valence-corrected chi connectivity index (χ2v) is 4.11. The fourth-order valence-corrected chi connectivity index (χ4v) is 1.92. The molecule has 0 aliphatic rings. The molecule has 16 heavy (non-hydrogen) atoms. The molecule has 0 aliphatic heterocycles. The highest BCUT2D eigenvalue weighted by molar-refractivity contribution is 7.99. The Hall–Kier alpha value is -1.01. The van der Waals surface area contributed by atoms with Crippen LogP contribution in [0.5, 0.6) is 5.88 Å². The van der Waals surface area contributed by atoms with Gasteiger partial charge in [-0.1, -0.05) is 0 Å². The number of ether oxygens (including phenoxy) is 2. The molecule has 5 nitrogen and oxygen atoms in total. The van der Waals surface area contributed by atoms with E-state index in [1.165, 1.54) is 6.33 Å². The second-order valence-electron chi connectivity index (χ2n) is 3.03. The van der Waals surface area contributed by atoms with Crippen molar-refractivity contribution in [3.63, 3.8) is 0 Å². The van der Waals surface area contributed by atoms with Crippen molar-refractivity contribution in [3.8, 4) is 5.88 Å². The maximum absolute atomic E-state index is 5.88. The number of hydrogen-bond acceptors (Lipinski definition) is 6. The summed E-state index contributed by atoms with van der Waals surface area (Å²) in [6, 6.07) is 0. The summed E-state index contributed by atoms with van der Waals surface area (Å²) in [6.45, 7) is 3.19. The molecule has 6 heteroatoms. The van der Waals surface area contributed by atoms with Gasteiger partial charge in [-0.15, -0.1) is 11.8 Å². The average Bonchev–Trinajstić information content (AvgIpc) is 2.29. The fraction of sp³-hybridized carbons (Fsp3) is 0.600. The van der Waals surface area contributed by atoms with E-state index in [2.05, 4.69) is 9.97 Å². The summed E-state index contributed by atoms with van der Waals surface area (Å²) in [5.41, 5.74) is 6.40. The summed E-state index contributed by atoms with van der Waals surface area (Å²) in [5, 5.41) is 0.773. The van der Waals surface area contributed by atoms with Crippen molar-refractivity contribution in [1.29, 1.82) is 0 Å². The van der Waals surface area contributed by atoms with Gasteiger partial charge in [-0.05, 0) is 13.3 Å². The summed E-state index contributed by atoms with van der Waals surface area (Å²) in [5.74, 6) is 1.38. The average molecular weight is 243 g/mol. The summed E-state index contributed by atoms with van der Waals surface area (Å²) < 4.78 is 10.3. The van der Waals surface area contributed by atoms with E-state index >= 15 is 0 Å². The van der Waals surface area contributed by atoms with Gasteiger partial charge in [-0.2, -0.15) is 4.98 Å². The Labute approximate surface area is 99.8 Å². The van der Waals surface area contributed by atoms with Gasteiger partial charge in [-0.3, -0.25) is 0 Å². The van der Waals surface area contributed by atoms with Gasteiger partial charge in [0.05, 0.1) is 6.61 Å². The molecule has 0 spiro atoms. The van der Waals surface area contributed by atoms with Crippen LogP contribution in [0.15, 0.2) is 11.4 Å². The van der Waals surface area contributed by atoms with Crippen LogP contribution in [0.1, 0.15) is 13.3 Å². The van der Waals surface area contributed by atoms with Crippen molar-refractivity contribution in [2.75, 3.05) is 31.8 Å². The lowest BCUT2D eigenvalue weighted by atomic mass is 10.5. The Morgan fingerprint density at radius 2 is 2.25 bits per heavy atom. The first-order valence-corrected chi connectivity index (χ1v) is 6.13. The van der Waals surface area contributed by atoms with Crippen LogP contribution in [-0.2, 0) is 4.74 Å². The first-order chi connectivity index (χ1) is 7.79. The smallest absolute Gasteiger partial charge is 0.241 e.